The summed E-state index contributed by atoms with van der Waals surface area (Å²) < 4.78 is 7.71. The second-order valence-electron chi connectivity index (χ2n) is 6.92. The molecular formula is C21H34IN5O. The Labute approximate surface area is 185 Å². The average Bonchev–Trinajstić information content (AvgIpc) is 3.12. The Bertz CT molecular complexity index is 712. The van der Waals surface area contributed by atoms with Crippen LogP contribution < -0.4 is 10.6 Å². The van der Waals surface area contributed by atoms with Crippen LogP contribution in [-0.4, -0.2) is 67.9 Å². The van der Waals surface area contributed by atoms with Gasteiger partial charge in [0.05, 0.1) is 13.2 Å². The van der Waals surface area contributed by atoms with Gasteiger partial charge in [0, 0.05) is 51.0 Å². The fourth-order valence-corrected chi connectivity index (χ4v) is 3.44. The van der Waals surface area contributed by atoms with Crippen LogP contribution in [0.3, 0.4) is 0 Å². The molecule has 0 aliphatic carbocycles. The SMILES string of the molecule is CCNC(=NCCCn1ccc2ccccc21)NCCCN1CCOCC1.I. The molecule has 1 aromatic carbocycles. The Morgan fingerprint density at radius 3 is 2.71 bits per heavy atom. The van der Waals surface area contributed by atoms with Crippen LogP contribution in [-0.2, 0) is 11.3 Å². The summed E-state index contributed by atoms with van der Waals surface area (Å²) in [6.07, 6.45) is 4.33. The summed E-state index contributed by atoms with van der Waals surface area (Å²) in [5.41, 5.74) is 1.30. The lowest BCUT2D eigenvalue weighted by Crippen LogP contribution is -2.40. The molecule has 1 fully saturated rings. The number of ether oxygens (including phenoxy) is 1. The van der Waals surface area contributed by atoms with E-state index in [0.717, 1.165) is 77.8 Å². The minimum atomic E-state index is 0. The van der Waals surface area contributed by atoms with Crippen LogP contribution in [0, 0.1) is 0 Å². The molecule has 0 unspecified atom stereocenters. The summed E-state index contributed by atoms with van der Waals surface area (Å²) in [5, 5.41) is 8.10. The van der Waals surface area contributed by atoms with E-state index in [1.54, 1.807) is 0 Å². The predicted octanol–water partition coefficient (Wildman–Crippen LogP) is 2.93. The van der Waals surface area contributed by atoms with E-state index >= 15 is 0 Å². The number of aliphatic imine (C=N–C) groups is 1. The number of hydrogen-bond donors (Lipinski definition) is 2. The van der Waals surface area contributed by atoms with Gasteiger partial charge in [0.25, 0.3) is 0 Å². The second kappa shape index (κ2) is 13.0. The molecule has 0 radical (unpaired) electrons. The highest BCUT2D eigenvalue weighted by atomic mass is 127. The molecule has 1 aromatic heterocycles. The van der Waals surface area contributed by atoms with Gasteiger partial charge < -0.3 is 19.9 Å². The van der Waals surface area contributed by atoms with Crippen molar-refractivity contribution in [3.63, 3.8) is 0 Å². The van der Waals surface area contributed by atoms with Gasteiger partial charge in [-0.25, -0.2) is 0 Å². The van der Waals surface area contributed by atoms with E-state index in [2.05, 4.69) is 63.6 Å². The molecule has 1 aliphatic heterocycles. The zero-order valence-corrected chi connectivity index (χ0v) is 19.2. The summed E-state index contributed by atoms with van der Waals surface area (Å²) in [7, 11) is 0. The number of aryl methyl sites for hydroxylation is 1. The number of halogens is 1. The minimum absolute atomic E-state index is 0. The van der Waals surface area contributed by atoms with Gasteiger partial charge in [0.15, 0.2) is 5.96 Å². The number of nitrogens with one attached hydrogen (secondary N) is 2. The van der Waals surface area contributed by atoms with Gasteiger partial charge in [-0.15, -0.1) is 24.0 Å². The highest BCUT2D eigenvalue weighted by Crippen LogP contribution is 2.15. The number of fused-ring (bicyclic) bond motifs is 1. The van der Waals surface area contributed by atoms with E-state index in [0.29, 0.717) is 0 Å². The van der Waals surface area contributed by atoms with Gasteiger partial charge in [-0.2, -0.15) is 0 Å². The lowest BCUT2D eigenvalue weighted by atomic mass is 10.2. The molecule has 156 valence electrons. The number of rotatable bonds is 9. The normalized spacial score (nSPS) is 15.4. The molecule has 2 heterocycles. The van der Waals surface area contributed by atoms with Crippen molar-refractivity contribution < 1.29 is 4.74 Å². The highest BCUT2D eigenvalue weighted by Gasteiger charge is 2.09. The van der Waals surface area contributed by atoms with Crippen LogP contribution in [0.2, 0.25) is 0 Å². The molecule has 0 bridgehead atoms. The third-order valence-corrected chi connectivity index (χ3v) is 4.90. The highest BCUT2D eigenvalue weighted by molar-refractivity contribution is 14.0. The maximum atomic E-state index is 5.39. The first kappa shape index (κ1) is 23.0. The van der Waals surface area contributed by atoms with Crippen LogP contribution in [0.5, 0.6) is 0 Å². The van der Waals surface area contributed by atoms with Crippen LogP contribution in [0.1, 0.15) is 19.8 Å². The summed E-state index contributed by atoms with van der Waals surface area (Å²) in [5.74, 6) is 0.928. The van der Waals surface area contributed by atoms with Gasteiger partial charge in [-0.3, -0.25) is 9.89 Å². The molecule has 0 spiro atoms. The molecule has 28 heavy (non-hydrogen) atoms. The number of para-hydroxylation sites is 1. The lowest BCUT2D eigenvalue weighted by molar-refractivity contribution is 0.0376. The van der Waals surface area contributed by atoms with Crippen molar-refractivity contribution in [3.05, 3.63) is 36.5 Å². The van der Waals surface area contributed by atoms with Crippen LogP contribution in [0.25, 0.3) is 10.9 Å². The second-order valence-corrected chi connectivity index (χ2v) is 6.92. The Hall–Kier alpha value is -1.32. The Morgan fingerprint density at radius 1 is 1.07 bits per heavy atom. The fourth-order valence-electron chi connectivity index (χ4n) is 3.44. The van der Waals surface area contributed by atoms with Crippen molar-refractivity contribution in [1.29, 1.82) is 0 Å². The molecule has 3 rings (SSSR count). The van der Waals surface area contributed by atoms with E-state index in [-0.39, 0.29) is 24.0 Å². The topological polar surface area (TPSA) is 53.8 Å². The number of aromatic nitrogens is 1. The summed E-state index contributed by atoms with van der Waals surface area (Å²) >= 11 is 0. The van der Waals surface area contributed by atoms with Crippen molar-refractivity contribution in [3.8, 4) is 0 Å². The molecule has 0 saturated carbocycles. The number of benzene rings is 1. The van der Waals surface area contributed by atoms with Gasteiger partial charge in [-0.1, -0.05) is 18.2 Å². The van der Waals surface area contributed by atoms with Gasteiger partial charge >= 0.3 is 0 Å². The summed E-state index contributed by atoms with van der Waals surface area (Å²) in [6.45, 7) is 10.7. The van der Waals surface area contributed by atoms with E-state index in [9.17, 15) is 0 Å². The maximum Gasteiger partial charge on any atom is 0.191 e. The predicted molar refractivity (Wildman–Crippen MR) is 128 cm³/mol. The van der Waals surface area contributed by atoms with E-state index in [1.807, 2.05) is 0 Å². The van der Waals surface area contributed by atoms with Crippen LogP contribution in [0.4, 0.5) is 0 Å². The third-order valence-electron chi connectivity index (χ3n) is 4.90. The smallest absolute Gasteiger partial charge is 0.191 e. The molecule has 7 heteroatoms. The first-order chi connectivity index (χ1) is 13.4. The lowest BCUT2D eigenvalue weighted by Gasteiger charge is -2.26. The van der Waals surface area contributed by atoms with Crippen molar-refractivity contribution >= 4 is 40.8 Å². The number of morpholine rings is 1. The van der Waals surface area contributed by atoms with E-state index < -0.39 is 0 Å². The van der Waals surface area contributed by atoms with Gasteiger partial charge in [-0.05, 0) is 43.8 Å². The number of hydrogen-bond acceptors (Lipinski definition) is 3. The zero-order chi connectivity index (χ0) is 18.7. The monoisotopic (exact) mass is 499 g/mol. The number of guanidine groups is 1. The van der Waals surface area contributed by atoms with Crippen molar-refractivity contribution in [2.24, 2.45) is 4.99 Å². The Morgan fingerprint density at radius 2 is 1.89 bits per heavy atom. The maximum absolute atomic E-state index is 5.39. The average molecular weight is 499 g/mol. The van der Waals surface area contributed by atoms with Gasteiger partial charge in [0.1, 0.15) is 0 Å². The molecule has 0 atom stereocenters. The largest absolute Gasteiger partial charge is 0.379 e. The van der Waals surface area contributed by atoms with E-state index in [4.69, 9.17) is 9.73 Å². The van der Waals surface area contributed by atoms with Gasteiger partial charge in [0.2, 0.25) is 0 Å². The van der Waals surface area contributed by atoms with E-state index in [1.165, 1.54) is 10.9 Å². The van der Waals surface area contributed by atoms with Crippen LogP contribution in [0.15, 0.2) is 41.5 Å². The molecule has 1 aliphatic rings. The first-order valence-electron chi connectivity index (χ1n) is 10.2. The molecule has 2 N–H and O–H groups in total. The molecule has 1 saturated heterocycles. The quantitative estimate of drug-likeness (QED) is 0.241. The number of nitrogens with zero attached hydrogens (tertiary/aromatic N) is 3. The summed E-state index contributed by atoms with van der Waals surface area (Å²) in [4.78, 5) is 7.19. The fraction of sp³-hybridized carbons (Fsp3) is 0.571. The zero-order valence-electron chi connectivity index (χ0n) is 16.9. The van der Waals surface area contributed by atoms with Crippen molar-refractivity contribution in [2.45, 2.75) is 26.3 Å². The summed E-state index contributed by atoms with van der Waals surface area (Å²) in [6, 6.07) is 10.7. The molecule has 2 aromatic rings. The standard InChI is InChI=1S/C21H33N5O.HI/c1-2-22-21(23-10-5-12-25-15-17-27-18-16-25)24-11-6-13-26-14-9-19-7-3-4-8-20(19)26;/h3-4,7-9,14H,2,5-6,10-13,15-18H2,1H3,(H2,22,23,24);1H. The van der Waals surface area contributed by atoms with Crippen molar-refractivity contribution in [2.75, 3.05) is 52.5 Å². The first-order valence-corrected chi connectivity index (χ1v) is 10.2. The van der Waals surface area contributed by atoms with Crippen LogP contribution >= 0.6 is 24.0 Å². The molecule has 6 nitrogen and oxygen atoms in total. The Balaban J connectivity index is 0.00000280. The molecular weight excluding hydrogens is 465 g/mol. The van der Waals surface area contributed by atoms with Crippen molar-refractivity contribution in [1.82, 2.24) is 20.1 Å². The Kier molecular flexibility index (Phi) is 10.7. The third kappa shape index (κ3) is 7.25. The molecule has 0 amide bonds. The minimum Gasteiger partial charge on any atom is -0.379 e.